The van der Waals surface area contributed by atoms with Crippen LogP contribution in [0.2, 0.25) is 0 Å². The summed E-state index contributed by atoms with van der Waals surface area (Å²) in [5.74, 6) is -1.47. The molecule has 16 heavy (non-hydrogen) atoms. The van der Waals surface area contributed by atoms with Gasteiger partial charge in [-0.05, 0) is 11.4 Å². The van der Waals surface area contributed by atoms with Crippen molar-refractivity contribution >= 4 is 17.0 Å². The van der Waals surface area contributed by atoms with Gasteiger partial charge in [-0.3, -0.25) is 0 Å². The monoisotopic (exact) mass is 241 g/mol. The van der Waals surface area contributed by atoms with Crippen LogP contribution in [0.15, 0.2) is 29.6 Å². The molecular weight excluding hydrogens is 232 g/mol. The third-order valence-corrected chi connectivity index (χ3v) is 2.86. The van der Waals surface area contributed by atoms with Crippen molar-refractivity contribution in [2.45, 2.75) is 6.61 Å². The first kappa shape index (κ1) is 10.9. The van der Waals surface area contributed by atoms with Crippen LogP contribution in [-0.4, -0.2) is 0 Å². The fourth-order valence-corrected chi connectivity index (χ4v) is 1.84. The summed E-state index contributed by atoms with van der Waals surface area (Å²) < 4.78 is 31.2. The van der Waals surface area contributed by atoms with Gasteiger partial charge in [0.15, 0.2) is 5.82 Å². The van der Waals surface area contributed by atoms with E-state index in [9.17, 15) is 8.78 Å². The largest absolute Gasteiger partial charge is 0.486 e. The third-order valence-electron chi connectivity index (χ3n) is 2.01. The van der Waals surface area contributed by atoms with Crippen molar-refractivity contribution in [1.29, 1.82) is 0 Å². The van der Waals surface area contributed by atoms with Crippen molar-refractivity contribution in [2.24, 2.45) is 0 Å². The average Bonchev–Trinajstić information content (AvgIpc) is 2.74. The number of anilines is 1. The molecule has 5 heteroatoms. The minimum Gasteiger partial charge on any atom is -0.486 e. The van der Waals surface area contributed by atoms with E-state index in [2.05, 4.69) is 0 Å². The molecule has 0 radical (unpaired) electrons. The zero-order valence-corrected chi connectivity index (χ0v) is 9.06. The van der Waals surface area contributed by atoms with E-state index in [-0.39, 0.29) is 18.0 Å². The van der Waals surface area contributed by atoms with Gasteiger partial charge in [0.1, 0.15) is 23.9 Å². The highest BCUT2D eigenvalue weighted by Gasteiger charge is 2.09. The minimum absolute atomic E-state index is 0.0332. The number of hydrogen-bond donors (Lipinski definition) is 1. The Balaban J connectivity index is 2.15. The van der Waals surface area contributed by atoms with Crippen molar-refractivity contribution in [2.75, 3.05) is 5.73 Å². The predicted octanol–water partition coefficient (Wildman–Crippen LogP) is 3.19. The van der Waals surface area contributed by atoms with Crippen LogP contribution in [0.1, 0.15) is 4.88 Å². The molecule has 2 rings (SSSR count). The Morgan fingerprint density at radius 3 is 2.81 bits per heavy atom. The van der Waals surface area contributed by atoms with Gasteiger partial charge in [0.2, 0.25) is 0 Å². The van der Waals surface area contributed by atoms with E-state index >= 15 is 0 Å². The number of hydrogen-bond acceptors (Lipinski definition) is 3. The number of nitrogen functional groups attached to an aromatic ring is 1. The fourth-order valence-electron chi connectivity index (χ4n) is 1.22. The molecule has 1 heterocycles. The maximum Gasteiger partial charge on any atom is 0.152 e. The molecule has 0 fully saturated rings. The molecule has 0 bridgehead atoms. The summed E-state index contributed by atoms with van der Waals surface area (Å²) in [6.45, 7) is 0.255. The highest BCUT2D eigenvalue weighted by atomic mass is 32.1. The van der Waals surface area contributed by atoms with Crippen LogP contribution >= 0.6 is 11.3 Å². The van der Waals surface area contributed by atoms with Gasteiger partial charge >= 0.3 is 0 Å². The van der Waals surface area contributed by atoms with Gasteiger partial charge in [-0.25, -0.2) is 8.78 Å². The van der Waals surface area contributed by atoms with E-state index in [1.807, 2.05) is 17.5 Å². The lowest BCUT2D eigenvalue weighted by molar-refractivity contribution is 0.308. The van der Waals surface area contributed by atoms with Crippen LogP contribution < -0.4 is 10.5 Å². The smallest absolute Gasteiger partial charge is 0.152 e. The molecule has 1 aromatic heterocycles. The zero-order valence-electron chi connectivity index (χ0n) is 8.24. The molecule has 2 aromatic rings. The molecular formula is C11H9F2NOS. The molecule has 1 aromatic carbocycles. The third kappa shape index (κ3) is 2.30. The lowest BCUT2D eigenvalue weighted by Gasteiger charge is -2.08. The molecule has 2 nitrogen and oxygen atoms in total. The molecule has 0 unspecified atom stereocenters. The Morgan fingerprint density at radius 1 is 1.31 bits per heavy atom. The zero-order chi connectivity index (χ0) is 11.5. The van der Waals surface area contributed by atoms with Gasteiger partial charge in [-0.2, -0.15) is 0 Å². The van der Waals surface area contributed by atoms with Crippen LogP contribution in [0.5, 0.6) is 5.75 Å². The average molecular weight is 241 g/mol. The highest BCUT2D eigenvalue weighted by molar-refractivity contribution is 7.09. The Kier molecular flexibility index (Phi) is 3.05. The first-order chi connectivity index (χ1) is 7.66. The van der Waals surface area contributed by atoms with E-state index in [1.54, 1.807) is 0 Å². The van der Waals surface area contributed by atoms with Crippen LogP contribution in [-0.2, 0) is 6.61 Å². The van der Waals surface area contributed by atoms with Gasteiger partial charge in [-0.15, -0.1) is 11.3 Å². The van der Waals surface area contributed by atoms with Crippen molar-refractivity contribution in [1.82, 2.24) is 0 Å². The first-order valence-electron chi connectivity index (χ1n) is 4.56. The Labute approximate surface area is 95.3 Å². The molecule has 0 saturated heterocycles. The molecule has 0 aliphatic carbocycles. The molecule has 0 atom stereocenters. The molecule has 0 aliphatic heterocycles. The van der Waals surface area contributed by atoms with Crippen LogP contribution in [0, 0.1) is 11.6 Å². The summed E-state index contributed by atoms with van der Waals surface area (Å²) in [7, 11) is 0. The number of nitrogens with two attached hydrogens (primary N) is 1. The summed E-state index contributed by atoms with van der Waals surface area (Å²) >= 11 is 1.50. The molecule has 0 saturated carbocycles. The number of benzene rings is 1. The number of ether oxygens (including phenoxy) is 1. The van der Waals surface area contributed by atoms with Gasteiger partial charge in [-0.1, -0.05) is 6.07 Å². The van der Waals surface area contributed by atoms with Crippen LogP contribution in [0.4, 0.5) is 14.5 Å². The lowest BCUT2D eigenvalue weighted by Crippen LogP contribution is -2.00. The second-order valence-electron chi connectivity index (χ2n) is 3.17. The summed E-state index contributed by atoms with van der Waals surface area (Å²) in [6, 6.07) is 5.55. The predicted molar refractivity (Wildman–Crippen MR) is 59.4 cm³/mol. The summed E-state index contributed by atoms with van der Waals surface area (Å²) in [4.78, 5) is 0.962. The van der Waals surface area contributed by atoms with E-state index < -0.39 is 11.6 Å². The minimum atomic E-state index is -0.804. The van der Waals surface area contributed by atoms with Crippen molar-refractivity contribution < 1.29 is 13.5 Å². The lowest BCUT2D eigenvalue weighted by atomic mass is 10.3. The maximum atomic E-state index is 13.1. The first-order valence-corrected chi connectivity index (χ1v) is 5.44. The number of rotatable bonds is 3. The second-order valence-corrected chi connectivity index (χ2v) is 4.20. The molecule has 2 N–H and O–H groups in total. The summed E-state index contributed by atoms with van der Waals surface area (Å²) in [5.41, 5.74) is 5.26. The van der Waals surface area contributed by atoms with Crippen LogP contribution in [0.25, 0.3) is 0 Å². The number of halogens is 2. The van der Waals surface area contributed by atoms with Crippen LogP contribution in [0.3, 0.4) is 0 Å². The maximum absolute atomic E-state index is 13.1. The summed E-state index contributed by atoms with van der Waals surface area (Å²) in [5, 5.41) is 1.90. The van der Waals surface area contributed by atoms with Gasteiger partial charge < -0.3 is 10.5 Å². The Bertz CT molecular complexity index is 485. The quantitative estimate of drug-likeness (QED) is 0.837. The Hall–Kier alpha value is -1.62. The Morgan fingerprint density at radius 2 is 2.12 bits per heavy atom. The van der Waals surface area contributed by atoms with E-state index in [1.165, 1.54) is 11.3 Å². The molecule has 0 spiro atoms. The molecule has 0 aliphatic rings. The molecule has 84 valence electrons. The highest BCUT2D eigenvalue weighted by Crippen LogP contribution is 2.26. The van der Waals surface area contributed by atoms with Crippen molar-refractivity contribution in [3.05, 3.63) is 46.2 Å². The van der Waals surface area contributed by atoms with E-state index in [4.69, 9.17) is 10.5 Å². The summed E-state index contributed by atoms with van der Waals surface area (Å²) in [6.07, 6.45) is 0. The second kappa shape index (κ2) is 4.49. The van der Waals surface area contributed by atoms with Gasteiger partial charge in [0, 0.05) is 17.0 Å². The standard InChI is InChI=1S/C11H9F2NOS/c12-7-4-9(13)11(14)10(5-7)15-6-8-2-1-3-16-8/h1-5H,6,14H2. The van der Waals surface area contributed by atoms with Gasteiger partial charge in [0.05, 0.1) is 0 Å². The normalized spacial score (nSPS) is 10.4. The number of thiophene rings is 1. The molecule has 0 amide bonds. The topological polar surface area (TPSA) is 35.2 Å². The SMILES string of the molecule is Nc1c(F)cc(F)cc1OCc1cccs1. The van der Waals surface area contributed by atoms with Gasteiger partial charge in [0.25, 0.3) is 0 Å². The van der Waals surface area contributed by atoms with Crippen molar-refractivity contribution in [3.8, 4) is 5.75 Å². The van der Waals surface area contributed by atoms with Crippen molar-refractivity contribution in [3.63, 3.8) is 0 Å². The van der Waals surface area contributed by atoms with E-state index in [0.29, 0.717) is 0 Å². The fraction of sp³-hybridized carbons (Fsp3) is 0.0909. The van der Waals surface area contributed by atoms with E-state index in [0.717, 1.165) is 17.0 Å².